The number of hydrogen-bond donors (Lipinski definition) is 2. The minimum atomic E-state index is -0.633. The minimum Gasteiger partial charge on any atom is -0.470 e. The highest BCUT2D eigenvalue weighted by Gasteiger charge is 1.98. The van der Waals surface area contributed by atoms with Gasteiger partial charge < -0.3 is 10.2 Å². The Kier molecular flexibility index (Phi) is 10.0. The first-order valence-corrected chi connectivity index (χ1v) is 5.67. The molecule has 106 valence electrons. The summed E-state index contributed by atoms with van der Waals surface area (Å²) in [7, 11) is 0. The van der Waals surface area contributed by atoms with Gasteiger partial charge in [-0.1, -0.05) is 18.2 Å². The molecule has 0 atom stereocenters. The van der Waals surface area contributed by atoms with Gasteiger partial charge in [0.15, 0.2) is 0 Å². The highest BCUT2D eigenvalue weighted by molar-refractivity contribution is 5.88. The van der Waals surface area contributed by atoms with Crippen LogP contribution < -0.4 is 11.3 Å². The summed E-state index contributed by atoms with van der Waals surface area (Å²) < 4.78 is 30.1. The molecule has 0 heterocycles. The molecular weight excluding hydrogens is 252 g/mol. The summed E-state index contributed by atoms with van der Waals surface area (Å²) in [5.74, 6) is 4.89. The number of nitrogens with one attached hydrogen (secondary N) is 1. The van der Waals surface area contributed by atoms with E-state index in [4.69, 9.17) is 10.6 Å². The molecule has 0 spiro atoms. The molecule has 0 saturated heterocycles. The Morgan fingerprint density at radius 3 is 2.79 bits per heavy atom. The van der Waals surface area contributed by atoms with Crippen LogP contribution in [0.3, 0.4) is 0 Å². The normalized spacial score (nSPS) is 14.5. The van der Waals surface area contributed by atoms with Gasteiger partial charge in [-0.15, -0.1) is 0 Å². The molecule has 0 aromatic heterocycles. The predicted molar refractivity (Wildman–Crippen MR) is 73.6 cm³/mol. The van der Waals surface area contributed by atoms with E-state index in [9.17, 15) is 8.78 Å². The number of hydrogen-bond acceptors (Lipinski definition) is 4. The Balaban J connectivity index is 4.53. The van der Waals surface area contributed by atoms with Crippen LogP contribution in [0.25, 0.3) is 0 Å². The molecule has 0 saturated carbocycles. The van der Waals surface area contributed by atoms with Gasteiger partial charge in [0.2, 0.25) is 5.90 Å². The van der Waals surface area contributed by atoms with E-state index in [1.165, 1.54) is 18.4 Å². The standard InChI is InChI=1S/C13H19F2N3O/c1-3-6-13(17-9-11(2)18-16)19-10-12(15)7-4-5-8-14/h3-7,9,18H,8,10,16H2,1-2H3/b5-4-,6-3+,11-9+,12-7+,17-13+. The van der Waals surface area contributed by atoms with E-state index in [0.29, 0.717) is 5.70 Å². The lowest BCUT2D eigenvalue weighted by Gasteiger charge is -2.03. The average molecular weight is 271 g/mol. The Morgan fingerprint density at radius 1 is 1.47 bits per heavy atom. The van der Waals surface area contributed by atoms with E-state index >= 15 is 0 Å². The Labute approximate surface area is 112 Å². The van der Waals surface area contributed by atoms with E-state index in [1.807, 2.05) is 0 Å². The lowest BCUT2D eigenvalue weighted by molar-refractivity contribution is 0.309. The quantitative estimate of drug-likeness (QED) is 0.246. The first kappa shape index (κ1) is 17.1. The van der Waals surface area contributed by atoms with Crippen LogP contribution in [0.4, 0.5) is 8.78 Å². The van der Waals surface area contributed by atoms with E-state index in [1.54, 1.807) is 26.0 Å². The SMILES string of the molecule is C/C=C/C(=N\C=C(/C)NN)OC/C(F)=C\C=C/CF. The van der Waals surface area contributed by atoms with Gasteiger partial charge in [-0.2, -0.15) is 0 Å². The van der Waals surface area contributed by atoms with Gasteiger partial charge in [-0.25, -0.2) is 13.8 Å². The maximum Gasteiger partial charge on any atom is 0.213 e. The summed E-state index contributed by atoms with van der Waals surface area (Å²) in [4.78, 5) is 3.98. The predicted octanol–water partition coefficient (Wildman–Crippen LogP) is 2.68. The second kappa shape index (κ2) is 11.2. The minimum absolute atomic E-state index is 0.245. The zero-order valence-corrected chi connectivity index (χ0v) is 11.1. The number of aliphatic imine (C=N–C) groups is 1. The van der Waals surface area contributed by atoms with Crippen molar-refractivity contribution in [1.29, 1.82) is 0 Å². The van der Waals surface area contributed by atoms with Crippen molar-refractivity contribution >= 4 is 5.90 Å². The topological polar surface area (TPSA) is 59.6 Å². The van der Waals surface area contributed by atoms with Gasteiger partial charge in [0.1, 0.15) is 19.1 Å². The lowest BCUT2D eigenvalue weighted by atomic mass is 10.4. The Hall–Kier alpha value is -1.95. The van der Waals surface area contributed by atoms with E-state index < -0.39 is 12.5 Å². The van der Waals surface area contributed by atoms with Gasteiger partial charge >= 0.3 is 0 Å². The van der Waals surface area contributed by atoms with Gasteiger partial charge in [0.25, 0.3) is 0 Å². The number of allylic oxidation sites excluding steroid dienone is 5. The third-order valence-electron chi connectivity index (χ3n) is 1.78. The second-order valence-corrected chi connectivity index (χ2v) is 3.41. The zero-order valence-electron chi connectivity index (χ0n) is 11.1. The van der Waals surface area contributed by atoms with Crippen molar-refractivity contribution in [2.45, 2.75) is 13.8 Å². The molecule has 19 heavy (non-hydrogen) atoms. The molecule has 0 fully saturated rings. The fraction of sp³-hybridized carbons (Fsp3) is 0.308. The third kappa shape index (κ3) is 9.72. The number of nitrogens with zero attached hydrogens (tertiary/aromatic N) is 1. The summed E-state index contributed by atoms with van der Waals surface area (Å²) in [6.07, 6.45) is 8.37. The van der Waals surface area contributed by atoms with Crippen LogP contribution in [0, 0.1) is 0 Å². The smallest absolute Gasteiger partial charge is 0.213 e. The molecule has 0 rings (SSSR count). The first-order valence-electron chi connectivity index (χ1n) is 5.67. The van der Waals surface area contributed by atoms with Crippen molar-refractivity contribution in [2.24, 2.45) is 10.8 Å². The molecule has 4 nitrogen and oxygen atoms in total. The van der Waals surface area contributed by atoms with Crippen molar-refractivity contribution in [1.82, 2.24) is 5.43 Å². The van der Waals surface area contributed by atoms with Gasteiger partial charge in [-0.3, -0.25) is 5.84 Å². The molecule has 0 aromatic rings. The molecule has 0 aliphatic carbocycles. The summed E-state index contributed by atoms with van der Waals surface area (Å²) in [6.45, 7) is 2.60. The van der Waals surface area contributed by atoms with Gasteiger partial charge in [0.05, 0.1) is 6.20 Å². The fourth-order valence-electron chi connectivity index (χ4n) is 0.884. The van der Waals surface area contributed by atoms with Crippen LogP contribution >= 0.6 is 0 Å². The van der Waals surface area contributed by atoms with E-state index in [0.717, 1.165) is 6.08 Å². The third-order valence-corrected chi connectivity index (χ3v) is 1.78. The van der Waals surface area contributed by atoms with Crippen molar-refractivity contribution in [3.8, 4) is 0 Å². The Morgan fingerprint density at radius 2 is 2.21 bits per heavy atom. The van der Waals surface area contributed by atoms with Gasteiger partial charge in [-0.05, 0) is 26.0 Å². The van der Waals surface area contributed by atoms with Crippen LogP contribution in [0.1, 0.15) is 13.8 Å². The first-order chi connectivity index (χ1) is 9.13. The number of hydrazine groups is 1. The maximum absolute atomic E-state index is 13.2. The average Bonchev–Trinajstić information content (AvgIpc) is 2.41. The molecule has 3 N–H and O–H groups in total. The van der Waals surface area contributed by atoms with Crippen molar-refractivity contribution in [3.05, 3.63) is 48.1 Å². The van der Waals surface area contributed by atoms with Crippen molar-refractivity contribution in [3.63, 3.8) is 0 Å². The number of alkyl halides is 1. The lowest BCUT2D eigenvalue weighted by Crippen LogP contribution is -2.18. The highest BCUT2D eigenvalue weighted by Crippen LogP contribution is 2.00. The molecule has 0 unspecified atom stereocenters. The van der Waals surface area contributed by atoms with Gasteiger partial charge in [0, 0.05) is 5.70 Å². The zero-order chi connectivity index (χ0) is 14.5. The molecule has 0 amide bonds. The molecule has 0 aliphatic heterocycles. The fourth-order valence-corrected chi connectivity index (χ4v) is 0.884. The van der Waals surface area contributed by atoms with Crippen LogP contribution in [0.15, 0.2) is 53.1 Å². The highest BCUT2D eigenvalue weighted by atomic mass is 19.1. The van der Waals surface area contributed by atoms with Crippen molar-refractivity contribution < 1.29 is 13.5 Å². The monoisotopic (exact) mass is 271 g/mol. The van der Waals surface area contributed by atoms with Crippen LogP contribution in [-0.4, -0.2) is 19.2 Å². The van der Waals surface area contributed by atoms with Crippen LogP contribution in [0.2, 0.25) is 0 Å². The molecule has 0 aliphatic rings. The Bertz CT molecular complexity index is 399. The van der Waals surface area contributed by atoms with E-state index in [2.05, 4.69) is 10.4 Å². The number of rotatable bonds is 7. The number of halogens is 2. The molecule has 0 aromatic carbocycles. The van der Waals surface area contributed by atoms with Crippen LogP contribution in [-0.2, 0) is 4.74 Å². The summed E-state index contributed by atoms with van der Waals surface area (Å²) in [5, 5.41) is 0. The number of nitrogens with two attached hydrogens (primary N) is 1. The molecule has 0 bridgehead atoms. The molecule has 6 heteroatoms. The van der Waals surface area contributed by atoms with E-state index in [-0.39, 0.29) is 12.5 Å². The molecule has 0 radical (unpaired) electrons. The molecular formula is C13H19F2N3O. The number of ether oxygens (including phenoxy) is 1. The largest absolute Gasteiger partial charge is 0.470 e. The van der Waals surface area contributed by atoms with Crippen LogP contribution in [0.5, 0.6) is 0 Å². The summed E-state index contributed by atoms with van der Waals surface area (Å²) in [5.41, 5.74) is 3.04. The maximum atomic E-state index is 13.2. The second-order valence-electron chi connectivity index (χ2n) is 3.41. The summed E-state index contributed by atoms with van der Waals surface area (Å²) >= 11 is 0. The van der Waals surface area contributed by atoms with Crippen molar-refractivity contribution in [2.75, 3.05) is 13.3 Å². The summed E-state index contributed by atoms with van der Waals surface area (Å²) in [6, 6.07) is 0.